The second kappa shape index (κ2) is 5.77. The summed E-state index contributed by atoms with van der Waals surface area (Å²) in [6.07, 6.45) is 1.47. The second-order valence-corrected chi connectivity index (χ2v) is 5.10. The van der Waals surface area contributed by atoms with Crippen LogP contribution in [0.15, 0.2) is 16.7 Å². The van der Waals surface area contributed by atoms with E-state index >= 15 is 0 Å². The van der Waals surface area contributed by atoms with Gasteiger partial charge in [-0.25, -0.2) is 4.98 Å². The van der Waals surface area contributed by atoms with Crippen molar-refractivity contribution in [1.82, 2.24) is 10.3 Å². The van der Waals surface area contributed by atoms with Gasteiger partial charge in [-0.15, -0.1) is 0 Å². The molecule has 3 N–H and O–H groups in total. The molecule has 1 amide bonds. The molecule has 94 valence electrons. The van der Waals surface area contributed by atoms with Gasteiger partial charge in [0, 0.05) is 10.7 Å². The fourth-order valence-electron chi connectivity index (χ4n) is 1.05. The number of aliphatic hydroxyl groups excluding tert-OH is 2. The van der Waals surface area contributed by atoms with Crippen LogP contribution in [-0.4, -0.2) is 39.9 Å². The third kappa shape index (κ3) is 3.64. The summed E-state index contributed by atoms with van der Waals surface area (Å²) in [5.41, 5.74) is -0.919. The molecular weight excluding hydrogens is 311 g/mol. The Bertz CT molecular complexity index is 424. The Morgan fingerprint density at radius 1 is 1.59 bits per heavy atom. The highest BCUT2D eigenvalue weighted by Crippen LogP contribution is 2.18. The van der Waals surface area contributed by atoms with Gasteiger partial charge >= 0.3 is 0 Å². The number of hydrogen-bond acceptors (Lipinski definition) is 4. The first-order valence-electron chi connectivity index (χ1n) is 4.77. The summed E-state index contributed by atoms with van der Waals surface area (Å²) in [5.74, 6) is -0.505. The van der Waals surface area contributed by atoms with Crippen molar-refractivity contribution in [3.05, 3.63) is 27.5 Å². The molecule has 17 heavy (non-hydrogen) atoms. The predicted octanol–water partition coefficient (Wildman–Crippen LogP) is 0.971. The van der Waals surface area contributed by atoms with Gasteiger partial charge in [-0.1, -0.05) is 11.6 Å². The Labute approximate surface area is 112 Å². The average Bonchev–Trinajstić information content (AvgIpc) is 2.32. The first kappa shape index (κ1) is 14.4. The molecule has 1 heterocycles. The zero-order valence-corrected chi connectivity index (χ0v) is 11.4. The van der Waals surface area contributed by atoms with Crippen LogP contribution in [0.1, 0.15) is 17.3 Å². The minimum absolute atomic E-state index is 0.0592. The van der Waals surface area contributed by atoms with Crippen LogP contribution >= 0.6 is 27.5 Å². The summed E-state index contributed by atoms with van der Waals surface area (Å²) >= 11 is 8.97. The Hall–Kier alpha value is -0.690. The highest BCUT2D eigenvalue weighted by Gasteiger charge is 2.26. The quantitative estimate of drug-likeness (QED) is 0.721. The number of carbonyl (C=O) groups excluding carboxylic acids is 1. The summed E-state index contributed by atoms with van der Waals surface area (Å²) in [6.45, 7) is 0.757. The number of halogens is 2. The van der Waals surface area contributed by atoms with Crippen LogP contribution in [-0.2, 0) is 0 Å². The van der Waals surface area contributed by atoms with E-state index in [1.54, 1.807) is 0 Å². The van der Waals surface area contributed by atoms with Gasteiger partial charge in [0.05, 0.1) is 24.3 Å². The molecule has 0 aromatic carbocycles. The zero-order chi connectivity index (χ0) is 13.1. The molecule has 1 aromatic rings. The summed E-state index contributed by atoms with van der Waals surface area (Å²) in [4.78, 5) is 15.7. The van der Waals surface area contributed by atoms with E-state index in [2.05, 4.69) is 26.2 Å². The van der Waals surface area contributed by atoms with Crippen LogP contribution < -0.4 is 5.32 Å². The molecule has 0 bridgehead atoms. The van der Waals surface area contributed by atoms with E-state index in [1.165, 1.54) is 19.2 Å². The fourth-order valence-corrected chi connectivity index (χ4v) is 1.57. The minimum atomic E-state index is -1.09. The molecule has 0 radical (unpaired) electrons. The van der Waals surface area contributed by atoms with E-state index in [-0.39, 0.29) is 23.9 Å². The van der Waals surface area contributed by atoms with E-state index in [9.17, 15) is 4.79 Å². The van der Waals surface area contributed by atoms with E-state index in [0.29, 0.717) is 4.47 Å². The number of pyridine rings is 1. The van der Waals surface area contributed by atoms with Crippen LogP contribution in [0.2, 0.25) is 5.15 Å². The number of nitrogens with zero attached hydrogens (tertiary/aromatic N) is 1. The molecule has 0 aliphatic heterocycles. The lowest BCUT2D eigenvalue weighted by Gasteiger charge is -2.26. The van der Waals surface area contributed by atoms with E-state index in [4.69, 9.17) is 21.8 Å². The van der Waals surface area contributed by atoms with Crippen molar-refractivity contribution in [2.24, 2.45) is 0 Å². The molecule has 0 aliphatic carbocycles. The Balaban J connectivity index is 2.94. The third-order valence-corrected chi connectivity index (χ3v) is 2.90. The largest absolute Gasteiger partial charge is 0.394 e. The van der Waals surface area contributed by atoms with Gasteiger partial charge in [0.1, 0.15) is 5.15 Å². The summed E-state index contributed by atoms with van der Waals surface area (Å²) in [7, 11) is 0. The van der Waals surface area contributed by atoms with Crippen molar-refractivity contribution in [2.45, 2.75) is 12.5 Å². The predicted molar refractivity (Wildman–Crippen MR) is 67.0 cm³/mol. The first-order valence-corrected chi connectivity index (χ1v) is 5.94. The molecular formula is C10H12BrClN2O3. The lowest BCUT2D eigenvalue weighted by molar-refractivity contribution is 0.0723. The molecule has 0 unspecified atom stereocenters. The maximum Gasteiger partial charge on any atom is 0.255 e. The molecule has 5 nitrogen and oxygen atoms in total. The van der Waals surface area contributed by atoms with Gasteiger partial charge in [-0.2, -0.15) is 0 Å². The molecule has 0 atom stereocenters. The summed E-state index contributed by atoms with van der Waals surface area (Å²) in [5, 5.41) is 20.7. The number of nitrogens with one attached hydrogen (secondary N) is 1. The van der Waals surface area contributed by atoms with Crippen LogP contribution in [0.25, 0.3) is 0 Å². The van der Waals surface area contributed by atoms with Gasteiger partial charge in [0.25, 0.3) is 5.91 Å². The minimum Gasteiger partial charge on any atom is -0.394 e. The highest BCUT2D eigenvalue weighted by molar-refractivity contribution is 9.10. The van der Waals surface area contributed by atoms with Crippen LogP contribution in [0, 0.1) is 0 Å². The monoisotopic (exact) mass is 322 g/mol. The van der Waals surface area contributed by atoms with Crippen LogP contribution in [0.4, 0.5) is 0 Å². The number of rotatable bonds is 4. The number of aliphatic hydroxyl groups is 2. The van der Waals surface area contributed by atoms with Crippen molar-refractivity contribution in [3.8, 4) is 0 Å². The van der Waals surface area contributed by atoms with Crippen molar-refractivity contribution in [3.63, 3.8) is 0 Å². The number of carbonyl (C=O) groups is 1. The topological polar surface area (TPSA) is 82.5 Å². The summed E-state index contributed by atoms with van der Waals surface area (Å²) in [6, 6.07) is 1.51. The van der Waals surface area contributed by atoms with Crippen LogP contribution in [0.5, 0.6) is 0 Å². The lowest BCUT2D eigenvalue weighted by atomic mass is 10.0. The molecule has 7 heteroatoms. The molecule has 1 aromatic heterocycles. The molecule has 0 aliphatic rings. The van der Waals surface area contributed by atoms with E-state index < -0.39 is 11.4 Å². The first-order chi connectivity index (χ1) is 7.91. The summed E-state index contributed by atoms with van der Waals surface area (Å²) < 4.78 is 0.613. The second-order valence-electron chi connectivity index (χ2n) is 3.82. The van der Waals surface area contributed by atoms with Gasteiger partial charge in [0.15, 0.2) is 0 Å². The standard InChI is InChI=1S/C10H12BrClN2O3/c1-10(4-15,5-16)14-9(17)7-2-6(11)3-13-8(7)12/h2-3,15-16H,4-5H2,1H3,(H,14,17). The highest BCUT2D eigenvalue weighted by atomic mass is 79.9. The van der Waals surface area contributed by atoms with E-state index in [0.717, 1.165) is 0 Å². The Kier molecular flexibility index (Phi) is 4.88. The third-order valence-electron chi connectivity index (χ3n) is 2.16. The van der Waals surface area contributed by atoms with Crippen molar-refractivity contribution in [2.75, 3.05) is 13.2 Å². The van der Waals surface area contributed by atoms with Gasteiger partial charge < -0.3 is 15.5 Å². The smallest absolute Gasteiger partial charge is 0.255 e. The van der Waals surface area contributed by atoms with Gasteiger partial charge in [0.2, 0.25) is 0 Å². The zero-order valence-electron chi connectivity index (χ0n) is 9.07. The molecule has 1 rings (SSSR count). The molecule has 0 saturated carbocycles. The molecule has 0 fully saturated rings. The molecule has 0 spiro atoms. The van der Waals surface area contributed by atoms with E-state index in [1.807, 2.05) is 0 Å². The Morgan fingerprint density at radius 3 is 2.71 bits per heavy atom. The van der Waals surface area contributed by atoms with Crippen molar-refractivity contribution in [1.29, 1.82) is 0 Å². The number of hydrogen-bond donors (Lipinski definition) is 3. The average molecular weight is 324 g/mol. The number of amides is 1. The van der Waals surface area contributed by atoms with Gasteiger partial charge in [-0.3, -0.25) is 4.79 Å². The SMILES string of the molecule is CC(CO)(CO)NC(=O)c1cc(Br)cnc1Cl. The lowest BCUT2D eigenvalue weighted by Crippen LogP contribution is -2.51. The molecule has 0 saturated heterocycles. The fraction of sp³-hybridized carbons (Fsp3) is 0.400. The van der Waals surface area contributed by atoms with Crippen LogP contribution in [0.3, 0.4) is 0 Å². The van der Waals surface area contributed by atoms with Gasteiger partial charge in [-0.05, 0) is 28.9 Å². The Morgan fingerprint density at radius 2 is 2.18 bits per heavy atom. The van der Waals surface area contributed by atoms with Crippen molar-refractivity contribution >= 4 is 33.4 Å². The maximum atomic E-state index is 11.9. The maximum absolute atomic E-state index is 11.9. The van der Waals surface area contributed by atoms with Crippen molar-refractivity contribution < 1.29 is 15.0 Å². The number of aromatic nitrogens is 1. The normalized spacial score (nSPS) is 11.4.